The first-order valence-corrected chi connectivity index (χ1v) is 8.28. The van der Waals surface area contributed by atoms with Gasteiger partial charge in [0.05, 0.1) is 11.4 Å². The van der Waals surface area contributed by atoms with Gasteiger partial charge in [-0.1, -0.05) is 0 Å². The van der Waals surface area contributed by atoms with Crippen molar-refractivity contribution in [2.75, 3.05) is 13.1 Å². The molecular weight excluding hydrogens is 296 g/mol. The van der Waals surface area contributed by atoms with E-state index >= 15 is 0 Å². The van der Waals surface area contributed by atoms with Crippen LogP contribution < -0.4 is 10.0 Å². The van der Waals surface area contributed by atoms with Crippen LogP contribution in [0.25, 0.3) is 0 Å². The molecule has 1 aliphatic rings. The molecule has 0 saturated carbocycles. The Labute approximate surface area is 123 Å². The van der Waals surface area contributed by atoms with Crippen molar-refractivity contribution in [3.05, 3.63) is 11.4 Å². The molecule has 9 heteroatoms. The molecule has 8 nitrogen and oxygen atoms in total. The van der Waals surface area contributed by atoms with Crippen molar-refractivity contribution in [1.82, 2.24) is 19.8 Å². The number of nitrogens with one attached hydrogen (secondary N) is 2. The lowest BCUT2D eigenvalue weighted by Gasteiger charge is -2.23. The zero-order chi connectivity index (χ0) is 15.6. The largest absolute Gasteiger partial charge is 0.480 e. The first-order valence-electron chi connectivity index (χ1n) is 6.80. The van der Waals surface area contributed by atoms with E-state index in [4.69, 9.17) is 5.11 Å². The summed E-state index contributed by atoms with van der Waals surface area (Å²) in [5.41, 5.74) is 0.659. The third kappa shape index (κ3) is 3.60. The monoisotopic (exact) mass is 316 g/mol. The van der Waals surface area contributed by atoms with Crippen LogP contribution in [-0.2, 0) is 21.4 Å². The van der Waals surface area contributed by atoms with E-state index in [1.807, 2.05) is 0 Å². The number of nitrogens with zero attached hydrogens (tertiary/aromatic N) is 2. The highest BCUT2D eigenvalue weighted by Crippen LogP contribution is 2.20. The van der Waals surface area contributed by atoms with Gasteiger partial charge in [-0.3, -0.25) is 9.48 Å². The number of hydrogen-bond acceptors (Lipinski definition) is 5. The topological polar surface area (TPSA) is 113 Å². The molecule has 118 valence electrons. The second-order valence-electron chi connectivity index (χ2n) is 5.20. The molecule has 2 rings (SSSR count). The lowest BCUT2D eigenvalue weighted by molar-refractivity contribution is -0.137. The van der Waals surface area contributed by atoms with Gasteiger partial charge in [-0.2, -0.15) is 5.10 Å². The Morgan fingerprint density at radius 1 is 1.43 bits per heavy atom. The number of carbonyl (C=O) groups is 1. The smallest absolute Gasteiger partial charge is 0.325 e. The first kappa shape index (κ1) is 15.9. The van der Waals surface area contributed by atoms with Crippen molar-refractivity contribution in [3.63, 3.8) is 0 Å². The SMILES string of the molecule is Cc1nn(CC(=O)O)c(C)c1S(=O)(=O)NC1CCNCC1. The summed E-state index contributed by atoms with van der Waals surface area (Å²) in [6, 6.07) is -0.0992. The van der Waals surface area contributed by atoms with Gasteiger partial charge in [0, 0.05) is 6.04 Å². The predicted molar refractivity (Wildman–Crippen MR) is 75.6 cm³/mol. The van der Waals surface area contributed by atoms with Crippen LogP contribution in [0.1, 0.15) is 24.2 Å². The Hall–Kier alpha value is -1.45. The molecule has 0 aliphatic carbocycles. The molecule has 0 amide bonds. The quantitative estimate of drug-likeness (QED) is 0.682. The minimum absolute atomic E-state index is 0.0854. The summed E-state index contributed by atoms with van der Waals surface area (Å²) in [4.78, 5) is 10.9. The molecule has 1 aliphatic heterocycles. The molecule has 3 N–H and O–H groups in total. The molecule has 1 aromatic heterocycles. The zero-order valence-corrected chi connectivity index (χ0v) is 12.9. The highest BCUT2D eigenvalue weighted by molar-refractivity contribution is 7.89. The molecular formula is C12H20N4O4S. The fraction of sp³-hybridized carbons (Fsp3) is 0.667. The Balaban J connectivity index is 2.26. The number of carboxylic acid groups (broad SMARTS) is 1. The van der Waals surface area contributed by atoms with Crippen molar-refractivity contribution in [3.8, 4) is 0 Å². The summed E-state index contributed by atoms with van der Waals surface area (Å²) in [5, 5.41) is 16.0. The lowest BCUT2D eigenvalue weighted by atomic mass is 10.1. The van der Waals surface area contributed by atoms with Gasteiger partial charge < -0.3 is 10.4 Å². The van der Waals surface area contributed by atoms with E-state index in [1.165, 1.54) is 4.68 Å². The predicted octanol–water partition coefficient (Wildman–Crippen LogP) is -0.385. The van der Waals surface area contributed by atoms with E-state index in [0.717, 1.165) is 25.9 Å². The molecule has 1 aromatic rings. The number of aliphatic carboxylic acids is 1. The van der Waals surface area contributed by atoms with E-state index in [2.05, 4.69) is 15.1 Å². The lowest BCUT2D eigenvalue weighted by Crippen LogP contribution is -2.42. The molecule has 21 heavy (non-hydrogen) atoms. The highest BCUT2D eigenvalue weighted by atomic mass is 32.2. The summed E-state index contributed by atoms with van der Waals surface area (Å²) in [6.45, 7) is 4.35. The number of aryl methyl sites for hydroxylation is 1. The Bertz CT molecular complexity index is 632. The van der Waals surface area contributed by atoms with E-state index in [-0.39, 0.29) is 17.5 Å². The van der Waals surface area contributed by atoms with Crippen molar-refractivity contribution in [2.45, 2.75) is 44.2 Å². The van der Waals surface area contributed by atoms with Crippen molar-refractivity contribution in [1.29, 1.82) is 0 Å². The number of carboxylic acids is 1. The molecule has 2 heterocycles. The van der Waals surface area contributed by atoms with E-state index < -0.39 is 16.0 Å². The minimum atomic E-state index is -3.69. The average molecular weight is 316 g/mol. The fourth-order valence-corrected chi connectivity index (χ4v) is 4.29. The molecule has 0 unspecified atom stereocenters. The van der Waals surface area contributed by atoms with Gasteiger partial charge in [0.1, 0.15) is 11.4 Å². The maximum absolute atomic E-state index is 12.5. The number of aromatic nitrogens is 2. The second kappa shape index (κ2) is 6.12. The molecule has 0 bridgehead atoms. The van der Waals surface area contributed by atoms with E-state index in [1.54, 1.807) is 13.8 Å². The molecule has 1 fully saturated rings. The van der Waals surface area contributed by atoms with Crippen LogP contribution in [0.3, 0.4) is 0 Å². The number of sulfonamides is 1. The van der Waals surface area contributed by atoms with Gasteiger partial charge in [0.15, 0.2) is 0 Å². The highest BCUT2D eigenvalue weighted by Gasteiger charge is 2.28. The van der Waals surface area contributed by atoms with Crippen molar-refractivity contribution < 1.29 is 18.3 Å². The maximum atomic E-state index is 12.5. The Morgan fingerprint density at radius 2 is 2.05 bits per heavy atom. The van der Waals surface area contributed by atoms with Crippen molar-refractivity contribution >= 4 is 16.0 Å². The van der Waals surface area contributed by atoms with Crippen LogP contribution in [0.5, 0.6) is 0 Å². The maximum Gasteiger partial charge on any atom is 0.325 e. The third-order valence-electron chi connectivity index (χ3n) is 3.53. The summed E-state index contributed by atoms with van der Waals surface area (Å²) in [5.74, 6) is -1.06. The van der Waals surface area contributed by atoms with Crippen LogP contribution in [0, 0.1) is 13.8 Å². The van der Waals surface area contributed by atoms with Crippen LogP contribution >= 0.6 is 0 Å². The first-order chi connectivity index (χ1) is 9.81. The average Bonchev–Trinajstić information content (AvgIpc) is 2.64. The summed E-state index contributed by atoms with van der Waals surface area (Å²) in [7, 11) is -3.69. The molecule has 1 saturated heterocycles. The van der Waals surface area contributed by atoms with Crippen LogP contribution in [-0.4, -0.2) is 48.4 Å². The summed E-state index contributed by atoms with van der Waals surface area (Å²) >= 11 is 0. The zero-order valence-electron chi connectivity index (χ0n) is 12.1. The second-order valence-corrected chi connectivity index (χ2v) is 6.85. The van der Waals surface area contributed by atoms with Crippen LogP contribution in [0.2, 0.25) is 0 Å². The summed E-state index contributed by atoms with van der Waals surface area (Å²) < 4.78 is 28.9. The Morgan fingerprint density at radius 3 is 2.62 bits per heavy atom. The van der Waals surface area contributed by atoms with Crippen LogP contribution in [0.15, 0.2) is 4.90 Å². The summed E-state index contributed by atoms with van der Waals surface area (Å²) in [6.07, 6.45) is 1.47. The number of rotatable bonds is 5. The normalized spacial score (nSPS) is 17.0. The molecule has 0 atom stereocenters. The van der Waals surface area contributed by atoms with E-state index in [0.29, 0.717) is 11.4 Å². The number of piperidine rings is 1. The van der Waals surface area contributed by atoms with Gasteiger partial charge >= 0.3 is 5.97 Å². The van der Waals surface area contributed by atoms with Crippen molar-refractivity contribution in [2.24, 2.45) is 0 Å². The molecule has 0 aromatic carbocycles. The van der Waals surface area contributed by atoms with Gasteiger partial charge in [-0.05, 0) is 39.8 Å². The van der Waals surface area contributed by atoms with E-state index in [9.17, 15) is 13.2 Å². The standard InChI is InChI=1S/C12H20N4O4S/c1-8-12(9(2)16(14-8)7-11(17)18)21(19,20)15-10-3-5-13-6-4-10/h10,13,15H,3-7H2,1-2H3,(H,17,18). The van der Waals surface area contributed by atoms with Crippen LogP contribution in [0.4, 0.5) is 0 Å². The van der Waals surface area contributed by atoms with Gasteiger partial charge in [-0.15, -0.1) is 0 Å². The van der Waals surface area contributed by atoms with Gasteiger partial charge in [-0.25, -0.2) is 13.1 Å². The fourth-order valence-electron chi connectivity index (χ4n) is 2.57. The molecule has 0 radical (unpaired) electrons. The van der Waals surface area contributed by atoms with Gasteiger partial charge in [0.2, 0.25) is 10.0 Å². The van der Waals surface area contributed by atoms with Gasteiger partial charge in [0.25, 0.3) is 0 Å². The number of hydrogen-bond donors (Lipinski definition) is 3. The minimum Gasteiger partial charge on any atom is -0.480 e. The molecule has 0 spiro atoms. The third-order valence-corrected chi connectivity index (χ3v) is 5.30. The Kier molecular flexibility index (Phi) is 4.64.